The normalized spacial score (nSPS) is 33.1. The Balaban J connectivity index is 1.49. The molecule has 2 aromatic rings. The molecule has 2 bridgehead atoms. The molecular weight excluding hydrogens is 382 g/mol. The minimum atomic E-state index is -0.807. The van der Waals surface area contributed by atoms with Crippen LogP contribution in [0.25, 0.3) is 6.08 Å². The molecule has 0 radical (unpaired) electrons. The van der Waals surface area contributed by atoms with E-state index in [9.17, 15) is 9.59 Å². The molecule has 6 rings (SSSR count). The zero-order valence-corrected chi connectivity index (χ0v) is 16.4. The molecule has 4 aliphatic heterocycles. The number of fused-ring (bicyclic) bond motifs is 8. The van der Waals surface area contributed by atoms with Gasteiger partial charge in [0.1, 0.15) is 5.75 Å². The summed E-state index contributed by atoms with van der Waals surface area (Å²) in [5, 5.41) is 0. The molecule has 152 valence electrons. The number of ketones is 2. The molecular formula is C24H21NO5. The zero-order chi connectivity index (χ0) is 20.4. The van der Waals surface area contributed by atoms with Crippen molar-refractivity contribution in [1.29, 1.82) is 0 Å². The average molecular weight is 403 g/mol. The van der Waals surface area contributed by atoms with Crippen LogP contribution in [0.3, 0.4) is 0 Å². The number of benzene rings is 2. The van der Waals surface area contributed by atoms with E-state index < -0.39 is 12.3 Å². The number of nitrogens with zero attached hydrogens (tertiary/aromatic N) is 1. The third-order valence-electron chi connectivity index (χ3n) is 6.80. The highest BCUT2D eigenvalue weighted by Gasteiger charge is 2.63. The Hall–Kier alpha value is -2.96. The van der Waals surface area contributed by atoms with Crippen LogP contribution in [-0.2, 0) is 14.3 Å². The van der Waals surface area contributed by atoms with E-state index in [2.05, 4.69) is 17.1 Å². The van der Waals surface area contributed by atoms with Crippen molar-refractivity contribution < 1.29 is 23.8 Å². The number of methoxy groups -OCH3 is 1. The van der Waals surface area contributed by atoms with E-state index in [1.54, 1.807) is 31.4 Å². The second-order valence-corrected chi connectivity index (χ2v) is 8.20. The molecule has 0 aliphatic carbocycles. The highest BCUT2D eigenvalue weighted by molar-refractivity contribution is 6.05. The number of rotatable bonds is 3. The molecule has 0 unspecified atom stereocenters. The Labute approximate surface area is 174 Å². The second-order valence-electron chi connectivity index (χ2n) is 8.20. The van der Waals surface area contributed by atoms with Gasteiger partial charge in [-0.25, -0.2) is 0 Å². The maximum atomic E-state index is 13.8. The van der Waals surface area contributed by atoms with Crippen LogP contribution >= 0.6 is 0 Å². The Kier molecular flexibility index (Phi) is 3.88. The molecule has 3 fully saturated rings. The fourth-order valence-corrected chi connectivity index (χ4v) is 5.50. The van der Waals surface area contributed by atoms with Crippen molar-refractivity contribution in [3.8, 4) is 5.75 Å². The Bertz CT molecular complexity index is 1060. The number of hydrogen-bond acceptors (Lipinski definition) is 6. The van der Waals surface area contributed by atoms with Gasteiger partial charge < -0.3 is 19.1 Å². The number of hydrogen-bond donors (Lipinski definition) is 0. The predicted octanol–water partition coefficient (Wildman–Crippen LogP) is 2.72. The first-order valence-corrected chi connectivity index (χ1v) is 10.2. The number of carbonyl (C=O) groups is 2. The maximum absolute atomic E-state index is 13.8. The van der Waals surface area contributed by atoms with Gasteiger partial charge in [0.05, 0.1) is 37.8 Å². The first kappa shape index (κ1) is 17.9. The van der Waals surface area contributed by atoms with E-state index >= 15 is 0 Å². The van der Waals surface area contributed by atoms with Crippen molar-refractivity contribution in [1.82, 2.24) is 0 Å². The van der Waals surface area contributed by atoms with Gasteiger partial charge in [0.2, 0.25) is 6.29 Å². The smallest absolute Gasteiger partial charge is 0.218 e. The van der Waals surface area contributed by atoms with Gasteiger partial charge in [0, 0.05) is 17.2 Å². The molecule has 2 aromatic carbocycles. The fraction of sp³-hybridized carbons (Fsp3) is 0.333. The molecule has 30 heavy (non-hydrogen) atoms. The number of anilines is 1. The standard InChI is InChI=1S/C24H21NO5/c1-28-15-9-6-14(7-10-15)22(26)21-20-18-12-29-24(30-18)23(27)19(20)17-11-8-13-4-2-3-5-16(13)25(17)21/h2-11,17-21,24H,12H2,1H3/t17-,18-,19-,20-,21-,24-/m0/s1. The van der Waals surface area contributed by atoms with Gasteiger partial charge in [-0.05, 0) is 35.9 Å². The van der Waals surface area contributed by atoms with Gasteiger partial charge in [-0.3, -0.25) is 9.59 Å². The third-order valence-corrected chi connectivity index (χ3v) is 6.80. The van der Waals surface area contributed by atoms with Crippen LogP contribution in [0.2, 0.25) is 0 Å². The number of para-hydroxylation sites is 1. The molecule has 4 heterocycles. The molecule has 0 N–H and O–H groups in total. The van der Waals surface area contributed by atoms with E-state index in [0.29, 0.717) is 17.9 Å². The van der Waals surface area contributed by atoms with Gasteiger partial charge in [-0.2, -0.15) is 0 Å². The summed E-state index contributed by atoms with van der Waals surface area (Å²) in [6, 6.07) is 14.5. The minimum absolute atomic E-state index is 0.0120. The van der Waals surface area contributed by atoms with Crippen LogP contribution in [0, 0.1) is 11.8 Å². The number of Topliss-reactive ketones (excluding diaryl/α,β-unsaturated/α-hetero) is 2. The van der Waals surface area contributed by atoms with Crippen LogP contribution < -0.4 is 9.64 Å². The van der Waals surface area contributed by atoms with Crippen LogP contribution in [0.5, 0.6) is 5.75 Å². The summed E-state index contributed by atoms with van der Waals surface area (Å²) in [5.41, 5.74) is 2.63. The number of carbonyl (C=O) groups excluding carboxylic acids is 2. The van der Waals surface area contributed by atoms with E-state index in [4.69, 9.17) is 14.2 Å². The zero-order valence-electron chi connectivity index (χ0n) is 16.4. The monoisotopic (exact) mass is 403 g/mol. The summed E-state index contributed by atoms with van der Waals surface area (Å²) < 4.78 is 16.7. The summed E-state index contributed by atoms with van der Waals surface area (Å²) in [6.07, 6.45) is 3.04. The number of ether oxygens (including phenoxy) is 3. The molecule has 0 aromatic heterocycles. The van der Waals surface area contributed by atoms with Crippen molar-refractivity contribution in [3.05, 3.63) is 65.7 Å². The van der Waals surface area contributed by atoms with Gasteiger partial charge >= 0.3 is 0 Å². The van der Waals surface area contributed by atoms with Crippen LogP contribution in [0.15, 0.2) is 54.6 Å². The summed E-state index contributed by atoms with van der Waals surface area (Å²) in [4.78, 5) is 29.2. The first-order chi connectivity index (χ1) is 14.7. The lowest BCUT2D eigenvalue weighted by atomic mass is 9.77. The summed E-state index contributed by atoms with van der Waals surface area (Å²) in [5.74, 6) is 0.0442. The van der Waals surface area contributed by atoms with Gasteiger partial charge in [0.15, 0.2) is 11.6 Å². The summed E-state index contributed by atoms with van der Waals surface area (Å²) >= 11 is 0. The Morgan fingerprint density at radius 3 is 2.73 bits per heavy atom. The quantitative estimate of drug-likeness (QED) is 0.735. The molecule has 3 saturated heterocycles. The van der Waals surface area contributed by atoms with Crippen LogP contribution in [0.1, 0.15) is 15.9 Å². The summed E-state index contributed by atoms with van der Waals surface area (Å²) in [7, 11) is 1.60. The van der Waals surface area contributed by atoms with Gasteiger partial charge in [-0.15, -0.1) is 0 Å². The largest absolute Gasteiger partial charge is 0.497 e. The van der Waals surface area contributed by atoms with Crippen molar-refractivity contribution in [2.75, 3.05) is 18.6 Å². The lowest BCUT2D eigenvalue weighted by Crippen LogP contribution is -2.48. The molecule has 0 amide bonds. The second kappa shape index (κ2) is 6.52. The molecule has 6 atom stereocenters. The van der Waals surface area contributed by atoms with E-state index in [0.717, 1.165) is 11.3 Å². The lowest BCUT2D eigenvalue weighted by Gasteiger charge is -2.35. The summed E-state index contributed by atoms with van der Waals surface area (Å²) in [6.45, 7) is 0.343. The van der Waals surface area contributed by atoms with Crippen molar-refractivity contribution >= 4 is 23.3 Å². The fourth-order valence-electron chi connectivity index (χ4n) is 5.50. The van der Waals surface area contributed by atoms with Gasteiger partial charge in [-0.1, -0.05) is 30.4 Å². The topological polar surface area (TPSA) is 65.1 Å². The van der Waals surface area contributed by atoms with Crippen LogP contribution in [-0.4, -0.2) is 49.8 Å². The maximum Gasteiger partial charge on any atom is 0.218 e. The molecule has 4 aliphatic rings. The Morgan fingerprint density at radius 1 is 1.13 bits per heavy atom. The molecule has 0 spiro atoms. The van der Waals surface area contributed by atoms with E-state index in [1.165, 1.54) is 0 Å². The van der Waals surface area contributed by atoms with E-state index in [-0.39, 0.29) is 35.5 Å². The highest BCUT2D eigenvalue weighted by atomic mass is 16.7. The van der Waals surface area contributed by atoms with Crippen molar-refractivity contribution in [2.45, 2.75) is 24.5 Å². The van der Waals surface area contributed by atoms with Gasteiger partial charge in [0.25, 0.3) is 0 Å². The lowest BCUT2D eigenvalue weighted by molar-refractivity contribution is -0.163. The first-order valence-electron chi connectivity index (χ1n) is 10.2. The average Bonchev–Trinajstić information content (AvgIpc) is 3.38. The SMILES string of the molecule is COc1ccc(C(=O)[C@@H]2[C@@H]3[C@@H](C(=O)[C@H]4OC[C@@H]3O4)[C@@H]3C=Cc4ccccc4N23)cc1. The third kappa shape index (κ3) is 2.38. The van der Waals surface area contributed by atoms with Crippen LogP contribution in [0.4, 0.5) is 5.69 Å². The Morgan fingerprint density at radius 2 is 1.93 bits per heavy atom. The molecule has 0 saturated carbocycles. The molecule has 6 heteroatoms. The highest BCUT2D eigenvalue weighted by Crippen LogP contribution is 2.51. The minimum Gasteiger partial charge on any atom is -0.497 e. The van der Waals surface area contributed by atoms with Crippen molar-refractivity contribution in [3.63, 3.8) is 0 Å². The van der Waals surface area contributed by atoms with Crippen molar-refractivity contribution in [2.24, 2.45) is 11.8 Å². The predicted molar refractivity (Wildman–Crippen MR) is 109 cm³/mol. The van der Waals surface area contributed by atoms with E-state index in [1.807, 2.05) is 24.3 Å². The molecule has 6 nitrogen and oxygen atoms in total.